The predicted molar refractivity (Wildman–Crippen MR) is 106 cm³/mol. The second-order valence-corrected chi connectivity index (χ2v) is 7.25. The van der Waals surface area contributed by atoms with Crippen molar-refractivity contribution in [2.45, 2.75) is 37.8 Å². The summed E-state index contributed by atoms with van der Waals surface area (Å²) in [5.41, 5.74) is 1.66. The maximum atomic E-state index is 12.5. The van der Waals surface area contributed by atoms with Crippen LogP contribution in [0.25, 0.3) is 0 Å². The smallest absolute Gasteiger partial charge is 0.255 e. The topological polar surface area (TPSA) is 76.7 Å². The fourth-order valence-corrected chi connectivity index (χ4v) is 3.11. The molecular formula is C22H24N2O4. The average Bonchev–Trinajstić information content (AvgIpc) is 3.37. The number of benzene rings is 2. The number of carbonyl (C=O) groups is 2. The summed E-state index contributed by atoms with van der Waals surface area (Å²) < 4.78 is 11.3. The highest BCUT2D eigenvalue weighted by molar-refractivity contribution is 6.05. The Balaban J connectivity index is 1.33. The van der Waals surface area contributed by atoms with Gasteiger partial charge in [-0.05, 0) is 68.1 Å². The molecule has 0 aromatic heterocycles. The maximum absolute atomic E-state index is 12.5. The van der Waals surface area contributed by atoms with Gasteiger partial charge in [0.15, 0.2) is 0 Å². The molecule has 1 aliphatic heterocycles. The van der Waals surface area contributed by atoms with Crippen LogP contribution < -0.4 is 15.4 Å². The first-order valence-electron chi connectivity index (χ1n) is 9.74. The van der Waals surface area contributed by atoms with Crippen molar-refractivity contribution >= 4 is 17.5 Å². The summed E-state index contributed by atoms with van der Waals surface area (Å²) in [6.07, 6.45) is 4.34. The molecular weight excluding hydrogens is 356 g/mol. The molecule has 1 aliphatic carbocycles. The second-order valence-electron chi connectivity index (χ2n) is 7.25. The Kier molecular flexibility index (Phi) is 5.58. The molecule has 2 N–H and O–H groups in total. The normalized spacial score (nSPS) is 18.5. The van der Waals surface area contributed by atoms with E-state index < -0.39 is 0 Å². The van der Waals surface area contributed by atoms with Gasteiger partial charge in [-0.3, -0.25) is 9.59 Å². The number of amides is 2. The van der Waals surface area contributed by atoms with Crippen LogP contribution in [0.5, 0.6) is 5.75 Å². The Morgan fingerprint density at radius 3 is 2.54 bits per heavy atom. The van der Waals surface area contributed by atoms with Gasteiger partial charge < -0.3 is 20.1 Å². The minimum atomic E-state index is -0.231. The largest absolute Gasteiger partial charge is 0.491 e. The summed E-state index contributed by atoms with van der Waals surface area (Å²) in [5, 5.41) is 5.79. The van der Waals surface area contributed by atoms with E-state index in [1.807, 2.05) is 0 Å². The first-order chi connectivity index (χ1) is 13.7. The number of anilines is 1. The van der Waals surface area contributed by atoms with E-state index >= 15 is 0 Å². The van der Waals surface area contributed by atoms with E-state index in [1.54, 1.807) is 48.5 Å². The molecule has 146 valence electrons. The van der Waals surface area contributed by atoms with E-state index in [-0.39, 0.29) is 17.9 Å². The van der Waals surface area contributed by atoms with Crippen LogP contribution in [0, 0.1) is 0 Å². The molecule has 1 saturated heterocycles. The van der Waals surface area contributed by atoms with Gasteiger partial charge in [-0.1, -0.05) is 6.07 Å². The number of ether oxygens (including phenoxy) is 2. The first-order valence-corrected chi connectivity index (χ1v) is 9.74. The van der Waals surface area contributed by atoms with Gasteiger partial charge in [0, 0.05) is 29.5 Å². The van der Waals surface area contributed by atoms with Gasteiger partial charge in [-0.2, -0.15) is 0 Å². The molecule has 0 radical (unpaired) electrons. The summed E-state index contributed by atoms with van der Waals surface area (Å²) in [6.45, 7) is 1.33. The van der Waals surface area contributed by atoms with Gasteiger partial charge in [0.25, 0.3) is 11.8 Å². The third-order valence-corrected chi connectivity index (χ3v) is 4.87. The number of hydrogen-bond acceptors (Lipinski definition) is 4. The maximum Gasteiger partial charge on any atom is 0.255 e. The van der Waals surface area contributed by atoms with E-state index in [2.05, 4.69) is 10.6 Å². The molecule has 6 heteroatoms. The van der Waals surface area contributed by atoms with E-state index in [0.717, 1.165) is 32.3 Å². The van der Waals surface area contributed by atoms with Gasteiger partial charge in [0.2, 0.25) is 0 Å². The minimum absolute atomic E-state index is 0.105. The first kappa shape index (κ1) is 18.5. The van der Waals surface area contributed by atoms with Crippen LogP contribution in [0.4, 0.5) is 5.69 Å². The van der Waals surface area contributed by atoms with Crippen molar-refractivity contribution in [3.8, 4) is 5.75 Å². The number of carbonyl (C=O) groups excluding carboxylic acids is 2. The predicted octanol–water partition coefficient (Wildman–Crippen LogP) is 3.39. The lowest BCUT2D eigenvalue weighted by atomic mass is 10.1. The van der Waals surface area contributed by atoms with Gasteiger partial charge in [-0.25, -0.2) is 0 Å². The van der Waals surface area contributed by atoms with Crippen molar-refractivity contribution in [2.24, 2.45) is 0 Å². The van der Waals surface area contributed by atoms with Crippen molar-refractivity contribution in [1.82, 2.24) is 5.32 Å². The SMILES string of the molecule is O=C(Nc1cccc(C(=O)NC2CC2)c1)c1ccc(OCC2CCCO2)cc1. The van der Waals surface area contributed by atoms with Crippen molar-refractivity contribution in [3.05, 3.63) is 59.7 Å². The second kappa shape index (κ2) is 8.44. The lowest BCUT2D eigenvalue weighted by Crippen LogP contribution is -2.25. The van der Waals surface area contributed by atoms with E-state index in [1.165, 1.54) is 0 Å². The van der Waals surface area contributed by atoms with Crippen molar-refractivity contribution in [3.63, 3.8) is 0 Å². The van der Waals surface area contributed by atoms with Crippen LogP contribution >= 0.6 is 0 Å². The highest BCUT2D eigenvalue weighted by Crippen LogP contribution is 2.21. The molecule has 1 unspecified atom stereocenters. The molecule has 4 rings (SSSR count). The molecule has 2 aromatic rings. The van der Waals surface area contributed by atoms with Crippen LogP contribution in [-0.2, 0) is 4.74 Å². The zero-order chi connectivity index (χ0) is 19.3. The molecule has 1 atom stereocenters. The molecule has 2 aliphatic rings. The molecule has 2 fully saturated rings. The molecule has 28 heavy (non-hydrogen) atoms. The molecule has 1 saturated carbocycles. The molecule has 0 bridgehead atoms. The summed E-state index contributed by atoms with van der Waals surface area (Å²) >= 11 is 0. The van der Waals surface area contributed by atoms with E-state index in [4.69, 9.17) is 9.47 Å². The summed E-state index contributed by atoms with van der Waals surface area (Å²) in [7, 11) is 0. The summed E-state index contributed by atoms with van der Waals surface area (Å²) in [6, 6.07) is 14.3. The van der Waals surface area contributed by atoms with Crippen LogP contribution in [0.3, 0.4) is 0 Å². The molecule has 6 nitrogen and oxygen atoms in total. The van der Waals surface area contributed by atoms with E-state index in [0.29, 0.717) is 35.2 Å². The van der Waals surface area contributed by atoms with Crippen molar-refractivity contribution in [2.75, 3.05) is 18.5 Å². The fourth-order valence-electron chi connectivity index (χ4n) is 3.11. The molecule has 2 amide bonds. The van der Waals surface area contributed by atoms with Crippen LogP contribution in [0.1, 0.15) is 46.4 Å². The standard InChI is InChI=1S/C22H24N2O4/c25-21(15-6-10-19(11-7-15)28-14-20-5-2-12-27-20)24-18-4-1-3-16(13-18)22(26)23-17-8-9-17/h1,3-4,6-7,10-11,13,17,20H,2,5,8-9,12,14H2,(H,23,26)(H,24,25). The number of hydrogen-bond donors (Lipinski definition) is 2. The van der Waals surface area contributed by atoms with Crippen molar-refractivity contribution < 1.29 is 19.1 Å². The Morgan fingerprint density at radius 1 is 1.00 bits per heavy atom. The summed E-state index contributed by atoms with van der Waals surface area (Å²) in [4.78, 5) is 24.6. The van der Waals surface area contributed by atoms with Gasteiger partial charge in [0.05, 0.1) is 6.10 Å². The highest BCUT2D eigenvalue weighted by Gasteiger charge is 2.23. The average molecular weight is 380 g/mol. The fraction of sp³-hybridized carbons (Fsp3) is 0.364. The Bertz CT molecular complexity index is 840. The van der Waals surface area contributed by atoms with Gasteiger partial charge in [-0.15, -0.1) is 0 Å². The zero-order valence-corrected chi connectivity index (χ0v) is 15.6. The van der Waals surface area contributed by atoms with Crippen LogP contribution in [0.2, 0.25) is 0 Å². The zero-order valence-electron chi connectivity index (χ0n) is 15.6. The third kappa shape index (κ3) is 4.89. The van der Waals surface area contributed by atoms with Crippen molar-refractivity contribution in [1.29, 1.82) is 0 Å². The monoisotopic (exact) mass is 380 g/mol. The molecule has 1 heterocycles. The van der Waals surface area contributed by atoms with E-state index in [9.17, 15) is 9.59 Å². The minimum Gasteiger partial charge on any atom is -0.491 e. The van der Waals surface area contributed by atoms with Crippen LogP contribution in [-0.4, -0.2) is 37.2 Å². The quantitative estimate of drug-likeness (QED) is 0.772. The molecule has 2 aromatic carbocycles. The van der Waals surface area contributed by atoms with Crippen LogP contribution in [0.15, 0.2) is 48.5 Å². The third-order valence-electron chi connectivity index (χ3n) is 4.87. The Morgan fingerprint density at radius 2 is 1.82 bits per heavy atom. The lowest BCUT2D eigenvalue weighted by molar-refractivity contribution is 0.0679. The number of nitrogens with one attached hydrogen (secondary N) is 2. The van der Waals surface area contributed by atoms with Gasteiger partial charge in [0.1, 0.15) is 12.4 Å². The molecule has 0 spiro atoms. The number of rotatable bonds is 7. The van der Waals surface area contributed by atoms with Gasteiger partial charge >= 0.3 is 0 Å². The highest BCUT2D eigenvalue weighted by atomic mass is 16.5. The Hall–Kier alpha value is -2.86. The Labute approximate surface area is 164 Å². The lowest BCUT2D eigenvalue weighted by Gasteiger charge is -2.12. The summed E-state index contributed by atoms with van der Waals surface area (Å²) in [5.74, 6) is 0.377.